The number of carbonyl (C=O) groups excluding carboxylic acids is 1. The number of hydrogen-bond donors (Lipinski definition) is 1. The van der Waals surface area contributed by atoms with Crippen molar-refractivity contribution in [3.8, 4) is 0 Å². The second-order valence-corrected chi connectivity index (χ2v) is 4.84. The van der Waals surface area contributed by atoms with Crippen LogP contribution in [0.1, 0.15) is 17.2 Å². The third-order valence-electron chi connectivity index (χ3n) is 3.58. The lowest BCUT2D eigenvalue weighted by Gasteiger charge is -2.28. The van der Waals surface area contributed by atoms with E-state index in [1.165, 1.54) is 7.11 Å². The van der Waals surface area contributed by atoms with Crippen LogP contribution < -0.4 is 0 Å². The predicted octanol–water partition coefficient (Wildman–Crippen LogP) is 1.87. The number of benzene rings is 1. The van der Waals surface area contributed by atoms with Gasteiger partial charge in [0.2, 0.25) is 0 Å². The van der Waals surface area contributed by atoms with E-state index in [4.69, 9.17) is 4.74 Å². The van der Waals surface area contributed by atoms with E-state index in [-0.39, 0.29) is 11.9 Å². The van der Waals surface area contributed by atoms with Crippen molar-refractivity contribution >= 4 is 16.9 Å². The number of nitrogens with one attached hydrogen (secondary N) is 1. The zero-order valence-electron chi connectivity index (χ0n) is 10.6. The minimum atomic E-state index is -0.195. The average Bonchev–Trinajstić information content (AvgIpc) is 2.74. The van der Waals surface area contributed by atoms with Crippen LogP contribution in [0, 0.1) is 0 Å². The maximum Gasteiger partial charge on any atom is 0.314 e. The van der Waals surface area contributed by atoms with Gasteiger partial charge in [-0.05, 0) is 18.7 Å². The number of likely N-dealkylation sites (N-methyl/N-ethyl adjacent to an activating group) is 1. The van der Waals surface area contributed by atoms with Gasteiger partial charge in [-0.15, -0.1) is 0 Å². The van der Waals surface area contributed by atoms with Crippen molar-refractivity contribution in [2.24, 2.45) is 0 Å². The Morgan fingerprint density at radius 2 is 2.22 bits per heavy atom. The highest BCUT2D eigenvalue weighted by molar-refractivity contribution is 5.91. The van der Waals surface area contributed by atoms with Gasteiger partial charge in [0.25, 0.3) is 0 Å². The molecule has 0 spiro atoms. The molecule has 1 aromatic carbocycles. The van der Waals surface area contributed by atoms with Crippen LogP contribution in [0.5, 0.6) is 0 Å². The molecule has 3 rings (SSSR count). The van der Waals surface area contributed by atoms with Crippen molar-refractivity contribution in [3.63, 3.8) is 0 Å². The van der Waals surface area contributed by atoms with Crippen LogP contribution in [0.25, 0.3) is 10.9 Å². The first-order valence-corrected chi connectivity index (χ1v) is 6.06. The minimum Gasteiger partial charge on any atom is -0.469 e. The Kier molecular flexibility index (Phi) is 2.59. The van der Waals surface area contributed by atoms with Gasteiger partial charge in [-0.25, -0.2) is 0 Å². The van der Waals surface area contributed by atoms with Crippen molar-refractivity contribution in [2.45, 2.75) is 12.5 Å². The highest BCUT2D eigenvalue weighted by Gasteiger charge is 2.32. The molecule has 1 atom stereocenters. The minimum absolute atomic E-state index is 0.160. The first-order chi connectivity index (χ1) is 8.70. The van der Waals surface area contributed by atoms with E-state index in [9.17, 15) is 4.79 Å². The van der Waals surface area contributed by atoms with Crippen molar-refractivity contribution in [1.29, 1.82) is 0 Å². The molecule has 0 amide bonds. The standard InChI is InChI=1S/C14H16N2O2/c1-16-7-10(14(17)18-2)13-9-5-3-4-6-11(9)15-12(13)8-16/h3-6,10,15H,7-8H2,1-2H3/t10-/m1/s1. The van der Waals surface area contributed by atoms with Gasteiger partial charge < -0.3 is 9.72 Å². The molecule has 0 fully saturated rings. The third kappa shape index (κ3) is 1.61. The summed E-state index contributed by atoms with van der Waals surface area (Å²) in [5, 5.41) is 1.14. The van der Waals surface area contributed by atoms with Gasteiger partial charge in [0.05, 0.1) is 13.0 Å². The van der Waals surface area contributed by atoms with Crippen molar-refractivity contribution < 1.29 is 9.53 Å². The highest BCUT2D eigenvalue weighted by atomic mass is 16.5. The lowest BCUT2D eigenvalue weighted by molar-refractivity contribution is -0.143. The van der Waals surface area contributed by atoms with E-state index < -0.39 is 0 Å². The molecule has 0 radical (unpaired) electrons. The van der Waals surface area contributed by atoms with Gasteiger partial charge in [0.1, 0.15) is 0 Å². The summed E-state index contributed by atoms with van der Waals surface area (Å²) in [5.74, 6) is -0.354. The molecule has 0 unspecified atom stereocenters. The fourth-order valence-electron chi connectivity index (χ4n) is 2.81. The Labute approximate surface area is 106 Å². The summed E-state index contributed by atoms with van der Waals surface area (Å²) in [7, 11) is 3.47. The number of fused-ring (bicyclic) bond motifs is 3. The predicted molar refractivity (Wildman–Crippen MR) is 69.4 cm³/mol. The normalized spacial score (nSPS) is 19.8. The summed E-state index contributed by atoms with van der Waals surface area (Å²) in [6, 6.07) is 8.11. The van der Waals surface area contributed by atoms with E-state index in [1.54, 1.807) is 0 Å². The summed E-state index contributed by atoms with van der Waals surface area (Å²) >= 11 is 0. The zero-order chi connectivity index (χ0) is 12.7. The van der Waals surface area contributed by atoms with Gasteiger partial charge in [0, 0.05) is 29.7 Å². The van der Waals surface area contributed by atoms with E-state index in [0.29, 0.717) is 6.54 Å². The molecule has 1 aliphatic heterocycles. The molecule has 0 aliphatic carbocycles. The van der Waals surface area contributed by atoms with E-state index in [1.807, 2.05) is 25.2 Å². The molecule has 0 bridgehead atoms. The number of para-hydroxylation sites is 1. The number of rotatable bonds is 1. The Hall–Kier alpha value is -1.81. The largest absolute Gasteiger partial charge is 0.469 e. The summed E-state index contributed by atoms with van der Waals surface area (Å²) in [5.41, 5.74) is 3.32. The number of carbonyl (C=O) groups is 1. The number of nitrogens with zero attached hydrogens (tertiary/aromatic N) is 1. The smallest absolute Gasteiger partial charge is 0.314 e. The second-order valence-electron chi connectivity index (χ2n) is 4.84. The molecule has 2 aromatic rings. The third-order valence-corrected chi connectivity index (χ3v) is 3.58. The summed E-state index contributed by atoms with van der Waals surface area (Å²) < 4.78 is 4.93. The van der Waals surface area contributed by atoms with Crippen LogP contribution in [-0.4, -0.2) is 36.6 Å². The molecule has 2 heterocycles. The quantitative estimate of drug-likeness (QED) is 0.779. The Morgan fingerprint density at radius 3 is 3.00 bits per heavy atom. The molecular weight excluding hydrogens is 228 g/mol. The zero-order valence-corrected chi connectivity index (χ0v) is 10.6. The van der Waals surface area contributed by atoms with Crippen LogP contribution in [0.2, 0.25) is 0 Å². The highest BCUT2D eigenvalue weighted by Crippen LogP contribution is 2.34. The van der Waals surface area contributed by atoms with Gasteiger partial charge in [-0.3, -0.25) is 9.69 Å². The van der Waals surface area contributed by atoms with Crippen molar-refractivity contribution in [2.75, 3.05) is 20.7 Å². The van der Waals surface area contributed by atoms with Gasteiger partial charge in [-0.2, -0.15) is 0 Å². The lowest BCUT2D eigenvalue weighted by atomic mass is 9.92. The first kappa shape index (κ1) is 11.3. The van der Waals surface area contributed by atoms with Crippen LogP contribution in [0.4, 0.5) is 0 Å². The molecule has 18 heavy (non-hydrogen) atoms. The Bertz CT molecular complexity index is 603. The number of esters is 1. The summed E-state index contributed by atoms with van der Waals surface area (Å²) in [6.07, 6.45) is 0. The van der Waals surface area contributed by atoms with E-state index in [0.717, 1.165) is 28.7 Å². The molecule has 0 saturated heterocycles. The van der Waals surface area contributed by atoms with Crippen LogP contribution in [0.15, 0.2) is 24.3 Å². The Morgan fingerprint density at radius 1 is 1.44 bits per heavy atom. The van der Waals surface area contributed by atoms with Gasteiger partial charge in [-0.1, -0.05) is 18.2 Å². The lowest BCUT2D eigenvalue weighted by Crippen LogP contribution is -2.34. The SMILES string of the molecule is COC(=O)[C@@H]1CN(C)Cc2[nH]c3ccccc3c21. The molecule has 0 saturated carbocycles. The van der Waals surface area contributed by atoms with Gasteiger partial charge in [0.15, 0.2) is 0 Å². The summed E-state index contributed by atoms with van der Waals surface area (Å²) in [6.45, 7) is 1.55. The maximum atomic E-state index is 12.0. The van der Waals surface area contributed by atoms with E-state index in [2.05, 4.69) is 16.0 Å². The molecule has 4 nitrogen and oxygen atoms in total. The first-order valence-electron chi connectivity index (χ1n) is 6.06. The summed E-state index contributed by atoms with van der Waals surface area (Å²) in [4.78, 5) is 17.5. The van der Waals surface area contributed by atoms with E-state index >= 15 is 0 Å². The molecule has 1 aromatic heterocycles. The molecule has 1 aliphatic rings. The number of H-pyrrole nitrogens is 1. The number of aromatic nitrogens is 1. The van der Waals surface area contributed by atoms with Crippen molar-refractivity contribution in [1.82, 2.24) is 9.88 Å². The second kappa shape index (κ2) is 4.14. The Balaban J connectivity index is 2.20. The fraction of sp³-hybridized carbons (Fsp3) is 0.357. The van der Waals surface area contributed by atoms with Crippen LogP contribution >= 0.6 is 0 Å². The van der Waals surface area contributed by atoms with Crippen LogP contribution in [-0.2, 0) is 16.1 Å². The number of methoxy groups -OCH3 is 1. The van der Waals surface area contributed by atoms with Crippen LogP contribution in [0.3, 0.4) is 0 Å². The van der Waals surface area contributed by atoms with Crippen molar-refractivity contribution in [3.05, 3.63) is 35.5 Å². The topological polar surface area (TPSA) is 45.3 Å². The number of ether oxygens (including phenoxy) is 1. The molecular formula is C14H16N2O2. The monoisotopic (exact) mass is 244 g/mol. The molecule has 1 N–H and O–H groups in total. The fourth-order valence-corrected chi connectivity index (χ4v) is 2.81. The number of hydrogen-bond acceptors (Lipinski definition) is 3. The maximum absolute atomic E-state index is 12.0. The number of aromatic amines is 1. The van der Waals surface area contributed by atoms with Gasteiger partial charge >= 0.3 is 5.97 Å². The molecule has 4 heteroatoms. The average molecular weight is 244 g/mol. The molecule has 94 valence electrons.